The van der Waals surface area contributed by atoms with Crippen LogP contribution in [0.15, 0.2) is 28.4 Å². The molecular formula is C13H20N2. The summed E-state index contributed by atoms with van der Waals surface area (Å²) in [7, 11) is 0. The number of nitrogens with zero attached hydrogens (tertiary/aromatic N) is 2. The Balaban J connectivity index is 1.90. The van der Waals surface area contributed by atoms with Crippen LogP contribution < -0.4 is 0 Å². The Morgan fingerprint density at radius 3 is 3.07 bits per heavy atom. The molecule has 1 unspecified atom stereocenters. The molecule has 0 N–H and O–H groups in total. The van der Waals surface area contributed by atoms with Crippen LogP contribution in [0.1, 0.15) is 26.7 Å². The second-order valence-electron chi connectivity index (χ2n) is 4.75. The quantitative estimate of drug-likeness (QED) is 0.675. The standard InChI is InChI=1S/C13H20N2/c1-11-6-7-15(9-11)10-13-5-3-4-12(2)14-8-13/h4-5,8,11H,3,6-7,9-10H2,1-2H3. The zero-order valence-corrected chi connectivity index (χ0v) is 9.74. The molecule has 0 amide bonds. The van der Waals surface area contributed by atoms with Gasteiger partial charge in [-0.05, 0) is 37.8 Å². The fourth-order valence-electron chi connectivity index (χ4n) is 2.20. The minimum absolute atomic E-state index is 0.869. The van der Waals surface area contributed by atoms with Gasteiger partial charge >= 0.3 is 0 Å². The van der Waals surface area contributed by atoms with Gasteiger partial charge in [-0.15, -0.1) is 0 Å². The summed E-state index contributed by atoms with van der Waals surface area (Å²) < 4.78 is 0. The predicted molar refractivity (Wildman–Crippen MR) is 65.2 cm³/mol. The van der Waals surface area contributed by atoms with E-state index >= 15 is 0 Å². The van der Waals surface area contributed by atoms with Crippen LogP contribution in [0.25, 0.3) is 0 Å². The van der Waals surface area contributed by atoms with Gasteiger partial charge in [0.05, 0.1) is 0 Å². The van der Waals surface area contributed by atoms with E-state index in [1.54, 1.807) is 0 Å². The molecule has 2 nitrogen and oxygen atoms in total. The highest BCUT2D eigenvalue weighted by molar-refractivity contribution is 5.80. The highest BCUT2D eigenvalue weighted by atomic mass is 15.1. The van der Waals surface area contributed by atoms with Crippen molar-refractivity contribution in [1.82, 2.24) is 4.90 Å². The summed E-state index contributed by atoms with van der Waals surface area (Å²) in [6.07, 6.45) is 8.88. The lowest BCUT2D eigenvalue weighted by atomic mass is 10.2. The molecular weight excluding hydrogens is 184 g/mol. The molecule has 2 heteroatoms. The van der Waals surface area contributed by atoms with Gasteiger partial charge in [0.15, 0.2) is 0 Å². The van der Waals surface area contributed by atoms with Crippen LogP contribution in [-0.2, 0) is 0 Å². The maximum atomic E-state index is 4.41. The van der Waals surface area contributed by atoms with Gasteiger partial charge in [-0.3, -0.25) is 9.89 Å². The van der Waals surface area contributed by atoms with Crippen molar-refractivity contribution in [2.75, 3.05) is 19.6 Å². The van der Waals surface area contributed by atoms with Crippen molar-refractivity contribution in [2.45, 2.75) is 26.7 Å². The summed E-state index contributed by atoms with van der Waals surface area (Å²) in [4.78, 5) is 6.94. The predicted octanol–water partition coefficient (Wildman–Crippen LogP) is 2.63. The molecule has 2 heterocycles. The maximum absolute atomic E-state index is 4.41. The zero-order valence-electron chi connectivity index (χ0n) is 9.74. The van der Waals surface area contributed by atoms with Gasteiger partial charge in [-0.2, -0.15) is 0 Å². The monoisotopic (exact) mass is 204 g/mol. The van der Waals surface area contributed by atoms with E-state index in [2.05, 4.69) is 35.9 Å². The van der Waals surface area contributed by atoms with E-state index in [4.69, 9.17) is 0 Å². The van der Waals surface area contributed by atoms with Crippen molar-refractivity contribution in [3.8, 4) is 0 Å². The van der Waals surface area contributed by atoms with Gasteiger partial charge in [0.2, 0.25) is 0 Å². The Labute approximate surface area is 92.4 Å². The molecule has 0 radical (unpaired) electrons. The van der Waals surface area contributed by atoms with Crippen molar-refractivity contribution >= 4 is 6.21 Å². The summed E-state index contributed by atoms with van der Waals surface area (Å²) in [6.45, 7) is 7.97. The average Bonchev–Trinajstić information content (AvgIpc) is 2.48. The summed E-state index contributed by atoms with van der Waals surface area (Å²) >= 11 is 0. The van der Waals surface area contributed by atoms with E-state index < -0.39 is 0 Å². The molecule has 1 fully saturated rings. The smallest absolute Gasteiger partial charge is 0.0336 e. The Morgan fingerprint density at radius 1 is 1.47 bits per heavy atom. The molecule has 2 aliphatic rings. The third-order valence-electron chi connectivity index (χ3n) is 3.14. The topological polar surface area (TPSA) is 15.6 Å². The number of hydrogen-bond acceptors (Lipinski definition) is 2. The fourth-order valence-corrected chi connectivity index (χ4v) is 2.20. The Kier molecular flexibility index (Phi) is 3.37. The van der Waals surface area contributed by atoms with Gasteiger partial charge in [-0.1, -0.05) is 19.1 Å². The molecule has 82 valence electrons. The van der Waals surface area contributed by atoms with Crippen LogP contribution in [0.4, 0.5) is 0 Å². The third-order valence-corrected chi connectivity index (χ3v) is 3.14. The first-order chi connectivity index (χ1) is 7.24. The first kappa shape index (κ1) is 10.6. The van der Waals surface area contributed by atoms with Gasteiger partial charge in [0.25, 0.3) is 0 Å². The van der Waals surface area contributed by atoms with Crippen molar-refractivity contribution in [3.05, 3.63) is 23.4 Å². The summed E-state index contributed by atoms with van der Waals surface area (Å²) in [5.74, 6) is 0.869. The molecule has 0 aromatic carbocycles. The minimum atomic E-state index is 0.869. The Bertz CT molecular complexity index is 312. The molecule has 2 rings (SSSR count). The van der Waals surface area contributed by atoms with Gasteiger partial charge in [-0.25, -0.2) is 0 Å². The Hall–Kier alpha value is -0.890. The molecule has 0 bridgehead atoms. The largest absolute Gasteiger partial charge is 0.299 e. The molecule has 1 saturated heterocycles. The van der Waals surface area contributed by atoms with Gasteiger partial charge in [0.1, 0.15) is 0 Å². The zero-order chi connectivity index (χ0) is 10.7. The van der Waals surface area contributed by atoms with Gasteiger partial charge in [0, 0.05) is 25.0 Å². The first-order valence-corrected chi connectivity index (χ1v) is 5.86. The molecule has 0 aromatic rings. The summed E-state index contributed by atoms with van der Waals surface area (Å²) in [5.41, 5.74) is 2.51. The first-order valence-electron chi connectivity index (χ1n) is 5.86. The number of rotatable bonds is 2. The number of hydrogen-bond donors (Lipinski definition) is 0. The maximum Gasteiger partial charge on any atom is 0.0336 e. The van der Waals surface area contributed by atoms with E-state index in [0.29, 0.717) is 0 Å². The second kappa shape index (κ2) is 4.75. The molecule has 0 saturated carbocycles. The van der Waals surface area contributed by atoms with E-state index in [0.717, 1.165) is 24.6 Å². The van der Waals surface area contributed by atoms with Crippen molar-refractivity contribution < 1.29 is 0 Å². The van der Waals surface area contributed by atoms with Crippen LogP contribution in [0, 0.1) is 5.92 Å². The van der Waals surface area contributed by atoms with Crippen molar-refractivity contribution in [1.29, 1.82) is 0 Å². The Morgan fingerprint density at radius 2 is 2.33 bits per heavy atom. The molecule has 1 atom stereocenters. The van der Waals surface area contributed by atoms with Crippen molar-refractivity contribution in [2.24, 2.45) is 10.9 Å². The van der Waals surface area contributed by atoms with Crippen LogP contribution in [-0.4, -0.2) is 30.7 Å². The van der Waals surface area contributed by atoms with E-state index in [9.17, 15) is 0 Å². The lowest BCUT2D eigenvalue weighted by molar-refractivity contribution is 0.360. The van der Waals surface area contributed by atoms with Crippen molar-refractivity contribution in [3.63, 3.8) is 0 Å². The van der Waals surface area contributed by atoms with Crippen LogP contribution in [0.2, 0.25) is 0 Å². The summed E-state index contributed by atoms with van der Waals surface area (Å²) in [6, 6.07) is 0. The molecule has 0 spiro atoms. The fraction of sp³-hybridized carbons (Fsp3) is 0.615. The molecule has 15 heavy (non-hydrogen) atoms. The van der Waals surface area contributed by atoms with E-state index in [-0.39, 0.29) is 0 Å². The number of likely N-dealkylation sites (tertiary alicyclic amines) is 1. The van der Waals surface area contributed by atoms with Gasteiger partial charge < -0.3 is 0 Å². The number of aliphatic imine (C=N–C) groups is 1. The average molecular weight is 204 g/mol. The van der Waals surface area contributed by atoms with Crippen LogP contribution in [0.3, 0.4) is 0 Å². The molecule has 0 aromatic heterocycles. The SMILES string of the molecule is CC1=CCC=C(CN2CCC(C)C2)C=N1. The minimum Gasteiger partial charge on any atom is -0.299 e. The van der Waals surface area contributed by atoms with E-state index in [1.165, 1.54) is 25.1 Å². The van der Waals surface area contributed by atoms with Crippen LogP contribution in [0.5, 0.6) is 0 Å². The highest BCUT2D eigenvalue weighted by Gasteiger charge is 2.18. The third kappa shape index (κ3) is 3.03. The van der Waals surface area contributed by atoms with Crippen LogP contribution >= 0.6 is 0 Å². The molecule has 2 aliphatic heterocycles. The van der Waals surface area contributed by atoms with E-state index in [1.807, 2.05) is 6.21 Å². The normalized spacial score (nSPS) is 27.5. The number of allylic oxidation sites excluding steroid dienone is 3. The highest BCUT2D eigenvalue weighted by Crippen LogP contribution is 2.16. The second-order valence-corrected chi connectivity index (χ2v) is 4.75. The summed E-state index contributed by atoms with van der Waals surface area (Å²) in [5, 5.41) is 0. The lowest BCUT2D eigenvalue weighted by Gasteiger charge is -2.15. The lowest BCUT2D eigenvalue weighted by Crippen LogP contribution is -2.23. The molecule has 0 aliphatic carbocycles.